The highest BCUT2D eigenvalue weighted by atomic mass is 16.5. The summed E-state index contributed by atoms with van der Waals surface area (Å²) in [6.45, 7) is 6.42. The quantitative estimate of drug-likeness (QED) is 0.456. The van der Waals surface area contributed by atoms with Gasteiger partial charge >= 0.3 is 0 Å². The van der Waals surface area contributed by atoms with Crippen molar-refractivity contribution < 1.29 is 18.9 Å². The molecule has 164 valence electrons. The van der Waals surface area contributed by atoms with Gasteiger partial charge in [0.1, 0.15) is 23.0 Å². The maximum absolute atomic E-state index is 5.71. The fourth-order valence-electron chi connectivity index (χ4n) is 4.27. The Bertz CT molecular complexity index is 979. The Hall–Kier alpha value is -3.14. The highest BCUT2D eigenvalue weighted by Gasteiger charge is 2.33. The van der Waals surface area contributed by atoms with E-state index >= 15 is 0 Å². The van der Waals surface area contributed by atoms with Crippen LogP contribution in [0, 0.1) is 13.8 Å². The van der Waals surface area contributed by atoms with Gasteiger partial charge in [0, 0.05) is 11.0 Å². The molecule has 0 saturated carbocycles. The van der Waals surface area contributed by atoms with Crippen molar-refractivity contribution in [2.75, 3.05) is 28.4 Å². The summed E-state index contributed by atoms with van der Waals surface area (Å²) in [6.07, 6.45) is 0.706. The number of ether oxygens (including phenoxy) is 4. The molecule has 0 radical (unpaired) electrons. The van der Waals surface area contributed by atoms with Crippen LogP contribution in [0.15, 0.2) is 54.6 Å². The van der Waals surface area contributed by atoms with Crippen molar-refractivity contribution in [1.29, 1.82) is 0 Å². The summed E-state index contributed by atoms with van der Waals surface area (Å²) in [7, 11) is 6.80. The number of hydrogen-bond donors (Lipinski definition) is 0. The van der Waals surface area contributed by atoms with E-state index in [1.165, 1.54) is 11.1 Å². The molecule has 0 aliphatic heterocycles. The monoisotopic (exact) mass is 420 g/mol. The summed E-state index contributed by atoms with van der Waals surface area (Å²) in [4.78, 5) is 0. The predicted molar refractivity (Wildman–Crippen MR) is 125 cm³/mol. The Morgan fingerprint density at radius 1 is 0.613 bits per heavy atom. The third kappa shape index (κ3) is 4.34. The maximum atomic E-state index is 5.71. The van der Waals surface area contributed by atoms with Crippen molar-refractivity contribution in [3.05, 3.63) is 82.4 Å². The lowest BCUT2D eigenvalue weighted by molar-refractivity contribution is 0.378. The van der Waals surface area contributed by atoms with E-state index in [1.807, 2.05) is 30.3 Å². The third-order valence-electron chi connectivity index (χ3n) is 6.12. The Morgan fingerprint density at radius 2 is 1.03 bits per heavy atom. The lowest BCUT2D eigenvalue weighted by atomic mass is 9.71. The lowest BCUT2D eigenvalue weighted by Gasteiger charge is -2.33. The van der Waals surface area contributed by atoms with Crippen LogP contribution in [0.25, 0.3) is 0 Å². The molecule has 31 heavy (non-hydrogen) atoms. The van der Waals surface area contributed by atoms with Crippen LogP contribution in [0.3, 0.4) is 0 Å². The second-order valence-corrected chi connectivity index (χ2v) is 8.02. The van der Waals surface area contributed by atoms with Crippen molar-refractivity contribution in [3.63, 3.8) is 0 Å². The molecule has 0 unspecified atom stereocenters. The molecule has 3 aromatic carbocycles. The molecule has 0 spiro atoms. The number of aryl methyl sites for hydroxylation is 2. The van der Waals surface area contributed by atoms with Gasteiger partial charge in [0.2, 0.25) is 0 Å². The number of methoxy groups -OCH3 is 4. The van der Waals surface area contributed by atoms with Crippen molar-refractivity contribution in [2.45, 2.75) is 32.6 Å². The van der Waals surface area contributed by atoms with Crippen LogP contribution in [-0.4, -0.2) is 28.4 Å². The standard InChI is InChI=1S/C27H32O4/c1-18-15-20(11-13-23(18)28-4)27(3,21-12-14-24(29-5)19(2)16-21)17-22-25(30-6)9-8-10-26(22)31-7/h8-16H,17H2,1-7H3. The summed E-state index contributed by atoms with van der Waals surface area (Å²) in [5.41, 5.74) is 5.30. The van der Waals surface area contributed by atoms with E-state index < -0.39 is 0 Å². The van der Waals surface area contributed by atoms with Crippen LogP contribution >= 0.6 is 0 Å². The van der Waals surface area contributed by atoms with Crippen molar-refractivity contribution in [3.8, 4) is 23.0 Å². The van der Waals surface area contributed by atoms with E-state index in [0.717, 1.165) is 39.7 Å². The maximum Gasteiger partial charge on any atom is 0.125 e. The highest BCUT2D eigenvalue weighted by molar-refractivity contribution is 5.52. The topological polar surface area (TPSA) is 36.9 Å². The Morgan fingerprint density at radius 3 is 1.39 bits per heavy atom. The Kier molecular flexibility index (Phi) is 6.79. The van der Waals surface area contributed by atoms with Gasteiger partial charge in [0.05, 0.1) is 28.4 Å². The smallest absolute Gasteiger partial charge is 0.125 e. The second-order valence-electron chi connectivity index (χ2n) is 8.02. The molecule has 0 N–H and O–H groups in total. The number of rotatable bonds is 8. The average molecular weight is 421 g/mol. The largest absolute Gasteiger partial charge is 0.496 e. The minimum Gasteiger partial charge on any atom is -0.496 e. The van der Waals surface area contributed by atoms with E-state index in [0.29, 0.717) is 6.42 Å². The molecule has 3 aromatic rings. The minimum absolute atomic E-state index is 0.337. The van der Waals surface area contributed by atoms with Crippen LogP contribution in [0.2, 0.25) is 0 Å². The summed E-state index contributed by atoms with van der Waals surface area (Å²) < 4.78 is 22.4. The van der Waals surface area contributed by atoms with Gasteiger partial charge in [-0.1, -0.05) is 37.3 Å². The van der Waals surface area contributed by atoms with Gasteiger partial charge in [-0.15, -0.1) is 0 Å². The molecular weight excluding hydrogens is 388 g/mol. The predicted octanol–water partition coefficient (Wildman–Crippen LogP) is 5.89. The molecule has 4 heteroatoms. The van der Waals surface area contributed by atoms with Gasteiger partial charge in [-0.2, -0.15) is 0 Å². The molecule has 0 aromatic heterocycles. The van der Waals surface area contributed by atoms with E-state index in [9.17, 15) is 0 Å². The summed E-state index contributed by atoms with van der Waals surface area (Å²) >= 11 is 0. The van der Waals surface area contributed by atoms with E-state index in [-0.39, 0.29) is 5.41 Å². The first-order valence-corrected chi connectivity index (χ1v) is 10.4. The van der Waals surface area contributed by atoms with Crippen LogP contribution in [0.4, 0.5) is 0 Å². The molecule has 0 saturated heterocycles. The molecule has 4 nitrogen and oxygen atoms in total. The fourth-order valence-corrected chi connectivity index (χ4v) is 4.27. The van der Waals surface area contributed by atoms with Crippen molar-refractivity contribution in [1.82, 2.24) is 0 Å². The van der Waals surface area contributed by atoms with E-state index in [2.05, 4.69) is 45.0 Å². The van der Waals surface area contributed by atoms with Crippen molar-refractivity contribution >= 4 is 0 Å². The molecule has 0 bridgehead atoms. The van der Waals surface area contributed by atoms with Crippen molar-refractivity contribution in [2.24, 2.45) is 0 Å². The zero-order valence-corrected chi connectivity index (χ0v) is 19.5. The van der Waals surface area contributed by atoms with Crippen LogP contribution in [-0.2, 0) is 11.8 Å². The van der Waals surface area contributed by atoms with E-state index in [4.69, 9.17) is 18.9 Å². The van der Waals surface area contributed by atoms with Gasteiger partial charge in [-0.25, -0.2) is 0 Å². The van der Waals surface area contributed by atoms with Crippen LogP contribution in [0.1, 0.15) is 34.7 Å². The minimum atomic E-state index is -0.337. The van der Waals surface area contributed by atoms with Crippen LogP contribution in [0.5, 0.6) is 23.0 Å². The molecule has 0 aliphatic rings. The second kappa shape index (κ2) is 9.34. The van der Waals surface area contributed by atoms with Gasteiger partial charge in [0.15, 0.2) is 0 Å². The lowest BCUT2D eigenvalue weighted by Crippen LogP contribution is -2.27. The SMILES string of the molecule is COc1ccc(C(C)(Cc2c(OC)cccc2OC)c2ccc(OC)c(C)c2)cc1C. The summed E-state index contributed by atoms with van der Waals surface area (Å²) in [5.74, 6) is 3.40. The third-order valence-corrected chi connectivity index (χ3v) is 6.12. The zero-order chi connectivity index (χ0) is 22.6. The van der Waals surface area contributed by atoms with Gasteiger partial charge in [0.25, 0.3) is 0 Å². The summed E-state index contributed by atoms with van der Waals surface area (Å²) in [6, 6.07) is 18.7. The van der Waals surface area contributed by atoms with Gasteiger partial charge in [-0.3, -0.25) is 0 Å². The first-order valence-electron chi connectivity index (χ1n) is 10.4. The first-order chi connectivity index (χ1) is 14.9. The van der Waals surface area contributed by atoms with E-state index in [1.54, 1.807) is 28.4 Å². The molecule has 0 fully saturated rings. The fraction of sp³-hybridized carbons (Fsp3) is 0.333. The average Bonchev–Trinajstić information content (AvgIpc) is 2.78. The number of benzene rings is 3. The Balaban J connectivity index is 2.23. The molecule has 0 heterocycles. The first kappa shape index (κ1) is 22.5. The summed E-state index contributed by atoms with van der Waals surface area (Å²) in [5, 5.41) is 0. The van der Waals surface area contributed by atoms with Crippen LogP contribution < -0.4 is 18.9 Å². The van der Waals surface area contributed by atoms with Gasteiger partial charge in [-0.05, 0) is 66.8 Å². The van der Waals surface area contributed by atoms with Gasteiger partial charge < -0.3 is 18.9 Å². The zero-order valence-electron chi connectivity index (χ0n) is 19.5. The number of hydrogen-bond acceptors (Lipinski definition) is 4. The molecule has 0 atom stereocenters. The Labute approximate surface area is 185 Å². The molecule has 0 aliphatic carbocycles. The highest BCUT2D eigenvalue weighted by Crippen LogP contribution is 2.42. The molecule has 0 amide bonds. The molecular formula is C27H32O4. The normalized spacial score (nSPS) is 11.2. The molecule has 3 rings (SSSR count).